The largest absolute Gasteiger partial charge is 0.480 e. The van der Waals surface area contributed by atoms with Gasteiger partial charge < -0.3 is 10.2 Å². The van der Waals surface area contributed by atoms with Gasteiger partial charge in [0.1, 0.15) is 11.6 Å². The normalized spacial score (nSPS) is 11.2. The summed E-state index contributed by atoms with van der Waals surface area (Å²) in [6.07, 6.45) is 0. The van der Waals surface area contributed by atoms with Crippen molar-refractivity contribution in [1.82, 2.24) is 4.90 Å². The molecule has 0 aliphatic rings. The summed E-state index contributed by atoms with van der Waals surface area (Å²) >= 11 is 0. The van der Waals surface area contributed by atoms with Gasteiger partial charge in [0.2, 0.25) is 0 Å². The molecule has 0 saturated carbocycles. The Kier molecular flexibility index (Phi) is 9.19. The Balaban J connectivity index is 0.00000441. The molecule has 0 aromatic heterocycles. The van der Waals surface area contributed by atoms with E-state index in [0.29, 0.717) is 6.54 Å². The van der Waals surface area contributed by atoms with Crippen molar-refractivity contribution in [3.05, 3.63) is 35.6 Å². The number of carboxylic acid groups (broad SMARTS) is 1. The van der Waals surface area contributed by atoms with Crippen molar-refractivity contribution in [2.45, 2.75) is 6.54 Å². The molecule has 0 amide bonds. The molecule has 1 aromatic carbocycles. The molecule has 0 unspecified atom stereocenters. The summed E-state index contributed by atoms with van der Waals surface area (Å²) in [5.74, 6) is -2.96. The third kappa shape index (κ3) is 8.28. The first kappa shape index (κ1) is 20.8. The van der Waals surface area contributed by atoms with Crippen LogP contribution < -0.4 is 0 Å². The van der Waals surface area contributed by atoms with Gasteiger partial charge in [-0.2, -0.15) is 0 Å². The Morgan fingerprint density at radius 2 is 1.77 bits per heavy atom. The number of aliphatic hydroxyl groups excluding tert-OH is 1. The van der Waals surface area contributed by atoms with Gasteiger partial charge in [-0.1, -0.05) is 12.1 Å². The van der Waals surface area contributed by atoms with E-state index in [1.807, 2.05) is 0 Å². The maximum absolute atomic E-state index is 12.8. The quantitative estimate of drug-likeness (QED) is 0.671. The van der Waals surface area contributed by atoms with Gasteiger partial charge in [-0.3, -0.25) is 9.69 Å². The van der Waals surface area contributed by atoms with Crippen molar-refractivity contribution in [2.75, 3.05) is 31.2 Å². The number of rotatable bonds is 9. The molecular formula is C13H19ClFNO5S. The molecule has 0 fully saturated rings. The standard InChI is InChI=1S/C13H18FNO5S.ClH/c14-12-3-1-11(2-4-12)9-15(5-7-16)6-8-21(19,20)10-13(17)18;/h1-4,16H,5-10H2,(H,17,18);1H. The van der Waals surface area contributed by atoms with Crippen LogP contribution in [0.2, 0.25) is 0 Å². The minimum atomic E-state index is -3.68. The number of aliphatic hydroxyl groups is 1. The van der Waals surface area contributed by atoms with E-state index in [1.165, 1.54) is 12.1 Å². The van der Waals surface area contributed by atoms with Crippen molar-refractivity contribution < 1.29 is 27.8 Å². The molecular weight excluding hydrogens is 337 g/mol. The van der Waals surface area contributed by atoms with Crippen molar-refractivity contribution in [2.24, 2.45) is 0 Å². The number of hydrogen-bond donors (Lipinski definition) is 2. The van der Waals surface area contributed by atoms with Crippen molar-refractivity contribution in [3.8, 4) is 0 Å². The Hall–Kier alpha value is -1.22. The zero-order valence-electron chi connectivity index (χ0n) is 11.8. The number of halogens is 2. The molecule has 0 atom stereocenters. The van der Waals surface area contributed by atoms with E-state index >= 15 is 0 Å². The SMILES string of the molecule is Cl.O=C(O)CS(=O)(=O)CCN(CCO)Cc1ccc(F)cc1. The molecule has 0 bridgehead atoms. The fourth-order valence-corrected chi connectivity index (χ4v) is 2.84. The summed E-state index contributed by atoms with van der Waals surface area (Å²) in [7, 11) is -3.68. The monoisotopic (exact) mass is 355 g/mol. The number of aliphatic carboxylic acids is 1. The van der Waals surface area contributed by atoms with Crippen molar-refractivity contribution in [3.63, 3.8) is 0 Å². The summed E-state index contributed by atoms with van der Waals surface area (Å²) in [4.78, 5) is 12.1. The number of benzene rings is 1. The highest BCUT2D eigenvalue weighted by molar-refractivity contribution is 7.92. The molecule has 2 N–H and O–H groups in total. The Labute approximate surface area is 134 Å². The molecule has 0 saturated heterocycles. The molecule has 0 aliphatic carbocycles. The van der Waals surface area contributed by atoms with E-state index in [1.54, 1.807) is 17.0 Å². The zero-order valence-corrected chi connectivity index (χ0v) is 13.4. The third-order valence-corrected chi connectivity index (χ3v) is 4.29. The van der Waals surface area contributed by atoms with Gasteiger partial charge in [0, 0.05) is 19.6 Å². The van der Waals surface area contributed by atoms with Crippen LogP contribution in [0.15, 0.2) is 24.3 Å². The first-order valence-corrected chi connectivity index (χ1v) is 8.14. The van der Waals surface area contributed by atoms with Crippen molar-refractivity contribution >= 4 is 28.2 Å². The number of carbonyl (C=O) groups is 1. The van der Waals surface area contributed by atoms with Gasteiger partial charge in [-0.25, -0.2) is 12.8 Å². The van der Waals surface area contributed by atoms with Crippen LogP contribution in [0, 0.1) is 5.82 Å². The van der Waals surface area contributed by atoms with E-state index in [9.17, 15) is 17.6 Å². The smallest absolute Gasteiger partial charge is 0.318 e. The molecule has 0 aliphatic heterocycles. The lowest BCUT2D eigenvalue weighted by atomic mass is 10.2. The Morgan fingerprint density at radius 3 is 2.27 bits per heavy atom. The fraction of sp³-hybridized carbons (Fsp3) is 0.462. The average Bonchev–Trinajstić information content (AvgIpc) is 2.37. The van der Waals surface area contributed by atoms with E-state index in [4.69, 9.17) is 10.2 Å². The Morgan fingerprint density at radius 1 is 1.18 bits per heavy atom. The highest BCUT2D eigenvalue weighted by atomic mass is 35.5. The van der Waals surface area contributed by atoms with Gasteiger partial charge in [-0.05, 0) is 17.7 Å². The lowest BCUT2D eigenvalue weighted by Gasteiger charge is -2.21. The highest BCUT2D eigenvalue weighted by Gasteiger charge is 2.17. The third-order valence-electron chi connectivity index (χ3n) is 2.80. The summed E-state index contributed by atoms with van der Waals surface area (Å²) < 4.78 is 35.9. The maximum Gasteiger partial charge on any atom is 0.318 e. The van der Waals surface area contributed by atoms with Crippen LogP contribution in [0.3, 0.4) is 0 Å². The summed E-state index contributed by atoms with van der Waals surface area (Å²) in [6, 6.07) is 5.75. The van der Waals surface area contributed by atoms with Gasteiger partial charge in [0.05, 0.1) is 12.4 Å². The van der Waals surface area contributed by atoms with E-state index in [2.05, 4.69) is 0 Å². The molecule has 6 nitrogen and oxygen atoms in total. The van der Waals surface area contributed by atoms with Crippen LogP contribution in [-0.2, 0) is 21.2 Å². The number of sulfone groups is 1. The minimum absolute atomic E-state index is 0. The molecule has 0 radical (unpaired) electrons. The first-order valence-electron chi connectivity index (χ1n) is 6.32. The van der Waals surface area contributed by atoms with Crippen molar-refractivity contribution in [1.29, 1.82) is 0 Å². The number of carboxylic acids is 1. The second-order valence-corrected chi connectivity index (χ2v) is 6.80. The summed E-state index contributed by atoms with van der Waals surface area (Å²) in [6.45, 7) is 0.553. The van der Waals surface area contributed by atoms with E-state index < -0.39 is 21.6 Å². The topological polar surface area (TPSA) is 94.9 Å². The molecule has 9 heteroatoms. The van der Waals surface area contributed by atoms with Gasteiger partial charge in [0.15, 0.2) is 9.84 Å². The van der Waals surface area contributed by atoms with Crippen LogP contribution in [0.25, 0.3) is 0 Å². The Bertz CT molecular complexity index is 564. The summed E-state index contributed by atoms with van der Waals surface area (Å²) in [5, 5.41) is 17.5. The van der Waals surface area contributed by atoms with Crippen LogP contribution >= 0.6 is 12.4 Å². The fourth-order valence-electron chi connectivity index (χ4n) is 1.79. The van der Waals surface area contributed by atoms with Crippen LogP contribution in [0.1, 0.15) is 5.56 Å². The second kappa shape index (κ2) is 9.73. The van der Waals surface area contributed by atoms with E-state index in [0.717, 1.165) is 5.56 Å². The first-order chi connectivity index (χ1) is 9.82. The summed E-state index contributed by atoms with van der Waals surface area (Å²) in [5.41, 5.74) is 0.778. The molecule has 0 heterocycles. The predicted octanol–water partition coefficient (Wildman–Crippen LogP) is 0.541. The van der Waals surface area contributed by atoms with E-state index in [-0.39, 0.29) is 43.7 Å². The molecule has 126 valence electrons. The minimum Gasteiger partial charge on any atom is -0.480 e. The van der Waals surface area contributed by atoms with Gasteiger partial charge in [-0.15, -0.1) is 12.4 Å². The molecule has 22 heavy (non-hydrogen) atoms. The van der Waals surface area contributed by atoms with Crippen LogP contribution in [0.4, 0.5) is 4.39 Å². The molecule has 1 aromatic rings. The lowest BCUT2D eigenvalue weighted by Crippen LogP contribution is -2.33. The number of nitrogens with zero attached hydrogens (tertiary/aromatic N) is 1. The van der Waals surface area contributed by atoms with Gasteiger partial charge >= 0.3 is 5.97 Å². The zero-order chi connectivity index (χ0) is 15.9. The maximum atomic E-state index is 12.8. The molecule has 1 rings (SSSR count). The van der Waals surface area contributed by atoms with Gasteiger partial charge in [0.25, 0.3) is 0 Å². The predicted molar refractivity (Wildman–Crippen MR) is 82.3 cm³/mol. The van der Waals surface area contributed by atoms with Crippen LogP contribution in [0.5, 0.6) is 0 Å². The van der Waals surface area contributed by atoms with Crippen LogP contribution in [-0.4, -0.2) is 60.7 Å². The lowest BCUT2D eigenvalue weighted by molar-refractivity contribution is -0.134. The molecule has 0 spiro atoms. The highest BCUT2D eigenvalue weighted by Crippen LogP contribution is 2.07. The second-order valence-electron chi connectivity index (χ2n) is 4.61. The number of hydrogen-bond acceptors (Lipinski definition) is 5. The average molecular weight is 356 g/mol.